The van der Waals surface area contributed by atoms with Crippen molar-refractivity contribution in [3.8, 4) is 0 Å². The first-order valence-electron chi connectivity index (χ1n) is 5.30. The summed E-state index contributed by atoms with van der Waals surface area (Å²) in [7, 11) is 1.67. The molecule has 1 aromatic heterocycles. The summed E-state index contributed by atoms with van der Waals surface area (Å²) in [4.78, 5) is 16.3. The van der Waals surface area contributed by atoms with Crippen LogP contribution in [0.4, 0.5) is 0 Å². The molecule has 0 spiro atoms. The van der Waals surface area contributed by atoms with Crippen LogP contribution in [0.25, 0.3) is 5.03 Å². The Kier molecular flexibility index (Phi) is 3.40. The number of hydrogen-bond acceptors (Lipinski definition) is 2. The van der Waals surface area contributed by atoms with Crippen molar-refractivity contribution in [1.29, 1.82) is 0 Å². The Morgan fingerprint density at radius 1 is 1.47 bits per heavy atom. The van der Waals surface area contributed by atoms with Crippen molar-refractivity contribution in [3.05, 3.63) is 39.8 Å². The minimum atomic E-state index is -0.183. The zero-order valence-corrected chi connectivity index (χ0v) is 11.1. The van der Waals surface area contributed by atoms with Crippen molar-refractivity contribution >= 4 is 33.4 Å². The van der Waals surface area contributed by atoms with Crippen LogP contribution in [0.15, 0.2) is 28.1 Å². The summed E-state index contributed by atoms with van der Waals surface area (Å²) in [6, 6.07) is 1.80. The number of rotatable bonds is 0. The van der Waals surface area contributed by atoms with E-state index in [-0.39, 0.29) is 16.8 Å². The zero-order valence-electron chi connectivity index (χ0n) is 9.58. The first kappa shape index (κ1) is 12.4. The highest BCUT2D eigenvalue weighted by atomic mass is 35.5. The van der Waals surface area contributed by atoms with Gasteiger partial charge in [0.1, 0.15) is 5.17 Å². The highest BCUT2D eigenvalue weighted by Crippen LogP contribution is 2.25. The molecule has 0 bridgehead atoms. The van der Waals surface area contributed by atoms with E-state index in [1.54, 1.807) is 19.3 Å². The molecule has 0 aromatic carbocycles. The molecule has 1 unspecified atom stereocenters. The van der Waals surface area contributed by atoms with Crippen LogP contribution in [0, 0.1) is 0 Å². The molecule has 0 aliphatic carbocycles. The molecule has 90 valence electrons. The van der Waals surface area contributed by atoms with E-state index in [4.69, 9.17) is 23.2 Å². The van der Waals surface area contributed by atoms with Gasteiger partial charge in [-0.2, -0.15) is 0 Å². The predicted molar refractivity (Wildman–Crippen MR) is 72.0 cm³/mol. The summed E-state index contributed by atoms with van der Waals surface area (Å²) >= 11 is 12.3. The number of fused-ring (bicyclic) bond motifs is 1. The Bertz CT molecular complexity index is 572. The molecular weight excluding hydrogens is 259 g/mol. The fourth-order valence-corrected chi connectivity index (χ4v) is 2.32. The lowest BCUT2D eigenvalue weighted by Gasteiger charge is -2.13. The summed E-state index contributed by atoms with van der Waals surface area (Å²) in [5, 5.41) is 0.789. The second kappa shape index (κ2) is 4.67. The van der Waals surface area contributed by atoms with E-state index >= 15 is 0 Å². The van der Waals surface area contributed by atoms with Gasteiger partial charge < -0.3 is 4.57 Å². The highest BCUT2D eigenvalue weighted by molar-refractivity contribution is 6.70. The summed E-state index contributed by atoms with van der Waals surface area (Å²) in [6.07, 6.45) is 4.26. The second-order valence-electron chi connectivity index (χ2n) is 4.08. The Hall–Kier alpha value is -1.06. The Labute approximate surface area is 109 Å². The molecule has 1 aliphatic rings. The molecule has 2 heterocycles. The van der Waals surface area contributed by atoms with E-state index < -0.39 is 0 Å². The fourth-order valence-electron chi connectivity index (χ4n) is 1.72. The SMILES string of the molecule is CC1C/C=C(/Cl)c2ccn(C)c(=O)c2C(Cl)=N1. The number of pyridine rings is 1. The average Bonchev–Trinajstić information content (AvgIpc) is 2.27. The van der Waals surface area contributed by atoms with E-state index in [1.807, 2.05) is 13.0 Å². The second-order valence-corrected chi connectivity index (χ2v) is 4.84. The molecule has 1 aromatic rings. The maximum atomic E-state index is 12.1. The molecule has 0 N–H and O–H groups in total. The summed E-state index contributed by atoms with van der Waals surface area (Å²) in [6.45, 7) is 1.93. The summed E-state index contributed by atoms with van der Waals surface area (Å²) in [5.41, 5.74) is 0.844. The molecule has 0 radical (unpaired) electrons. The highest BCUT2D eigenvalue weighted by Gasteiger charge is 2.18. The Balaban J connectivity index is 2.78. The molecule has 0 amide bonds. The number of halogens is 2. The van der Waals surface area contributed by atoms with Crippen molar-refractivity contribution in [2.24, 2.45) is 12.0 Å². The molecular formula is C12H12Cl2N2O. The van der Waals surface area contributed by atoms with Gasteiger partial charge in [0.2, 0.25) is 0 Å². The van der Waals surface area contributed by atoms with E-state index in [0.29, 0.717) is 22.6 Å². The third kappa shape index (κ3) is 2.31. The average molecular weight is 271 g/mol. The zero-order chi connectivity index (χ0) is 12.6. The van der Waals surface area contributed by atoms with Gasteiger partial charge in [0, 0.05) is 23.8 Å². The van der Waals surface area contributed by atoms with Crippen molar-refractivity contribution in [1.82, 2.24) is 4.57 Å². The quantitative estimate of drug-likeness (QED) is 0.714. The molecule has 1 aliphatic heterocycles. The summed E-state index contributed by atoms with van der Waals surface area (Å²) in [5.74, 6) is 0. The van der Waals surface area contributed by atoms with Gasteiger partial charge in [0.05, 0.1) is 11.6 Å². The minimum absolute atomic E-state index is 0.0225. The van der Waals surface area contributed by atoms with E-state index in [1.165, 1.54) is 4.57 Å². The van der Waals surface area contributed by atoms with Crippen LogP contribution >= 0.6 is 23.2 Å². The van der Waals surface area contributed by atoms with E-state index in [9.17, 15) is 4.79 Å². The van der Waals surface area contributed by atoms with Crippen molar-refractivity contribution in [2.75, 3.05) is 0 Å². The molecule has 0 fully saturated rings. The van der Waals surface area contributed by atoms with Crippen molar-refractivity contribution < 1.29 is 0 Å². The lowest BCUT2D eigenvalue weighted by molar-refractivity contribution is 0.760. The normalized spacial score (nSPS) is 22.9. The van der Waals surface area contributed by atoms with Gasteiger partial charge in [-0.1, -0.05) is 29.3 Å². The molecule has 2 rings (SSSR count). The topological polar surface area (TPSA) is 34.4 Å². The number of aryl methyl sites for hydroxylation is 1. The molecule has 0 saturated carbocycles. The lowest BCUT2D eigenvalue weighted by atomic mass is 10.1. The van der Waals surface area contributed by atoms with Crippen LogP contribution in [-0.4, -0.2) is 15.8 Å². The monoisotopic (exact) mass is 270 g/mol. The van der Waals surface area contributed by atoms with Gasteiger partial charge in [-0.15, -0.1) is 0 Å². The van der Waals surface area contributed by atoms with Gasteiger partial charge in [0.15, 0.2) is 0 Å². The van der Waals surface area contributed by atoms with Crippen LogP contribution in [0.2, 0.25) is 0 Å². The van der Waals surface area contributed by atoms with Gasteiger partial charge in [-0.05, 0) is 19.4 Å². The predicted octanol–water partition coefficient (Wildman–Crippen LogP) is 2.74. The minimum Gasteiger partial charge on any atom is -0.318 e. The smallest absolute Gasteiger partial charge is 0.261 e. The number of aromatic nitrogens is 1. The third-order valence-corrected chi connectivity index (χ3v) is 3.35. The van der Waals surface area contributed by atoms with Gasteiger partial charge in [-0.25, -0.2) is 0 Å². The van der Waals surface area contributed by atoms with Gasteiger partial charge >= 0.3 is 0 Å². The van der Waals surface area contributed by atoms with Crippen molar-refractivity contribution in [3.63, 3.8) is 0 Å². The summed E-state index contributed by atoms with van der Waals surface area (Å²) < 4.78 is 1.47. The Morgan fingerprint density at radius 2 is 2.18 bits per heavy atom. The standard InChI is InChI=1S/C12H12Cl2N2O/c1-7-3-4-9(13)8-5-6-16(2)12(17)10(8)11(14)15-7/h4-7H,3H2,1-2H3/b9-4+,15-11?. The maximum absolute atomic E-state index is 12.1. The molecule has 5 heteroatoms. The largest absolute Gasteiger partial charge is 0.318 e. The first-order valence-corrected chi connectivity index (χ1v) is 6.05. The molecule has 17 heavy (non-hydrogen) atoms. The van der Waals surface area contributed by atoms with Crippen LogP contribution in [-0.2, 0) is 7.05 Å². The third-order valence-electron chi connectivity index (χ3n) is 2.70. The van der Waals surface area contributed by atoms with Gasteiger partial charge in [0.25, 0.3) is 5.56 Å². The van der Waals surface area contributed by atoms with Crippen LogP contribution in [0.5, 0.6) is 0 Å². The van der Waals surface area contributed by atoms with Crippen LogP contribution in [0.1, 0.15) is 24.5 Å². The first-order chi connectivity index (χ1) is 8.00. The lowest BCUT2D eigenvalue weighted by Crippen LogP contribution is -2.25. The maximum Gasteiger partial charge on any atom is 0.261 e. The molecule has 3 nitrogen and oxygen atoms in total. The van der Waals surface area contributed by atoms with Crippen LogP contribution in [0.3, 0.4) is 0 Å². The number of aliphatic imine (C=N–C) groups is 1. The van der Waals surface area contributed by atoms with E-state index in [0.717, 1.165) is 0 Å². The van der Waals surface area contributed by atoms with Crippen molar-refractivity contribution in [2.45, 2.75) is 19.4 Å². The Morgan fingerprint density at radius 3 is 2.88 bits per heavy atom. The van der Waals surface area contributed by atoms with Crippen LogP contribution < -0.4 is 5.56 Å². The van der Waals surface area contributed by atoms with Gasteiger partial charge in [-0.3, -0.25) is 9.79 Å². The molecule has 0 saturated heterocycles. The molecule has 1 atom stereocenters. The number of hydrogen-bond donors (Lipinski definition) is 0. The van der Waals surface area contributed by atoms with E-state index in [2.05, 4.69) is 4.99 Å². The fraction of sp³-hybridized carbons (Fsp3) is 0.333. The number of nitrogens with zero attached hydrogens (tertiary/aromatic N) is 2.